The third-order valence-electron chi connectivity index (χ3n) is 7.79. The number of ether oxygens (including phenoxy) is 3. The highest BCUT2D eigenvalue weighted by Gasteiger charge is 2.41. The van der Waals surface area contributed by atoms with E-state index < -0.39 is 11.7 Å². The Labute approximate surface area is 249 Å². The first-order valence-corrected chi connectivity index (χ1v) is 14.5. The fourth-order valence-corrected chi connectivity index (χ4v) is 5.21. The molecule has 2 atom stereocenters. The highest BCUT2D eigenvalue weighted by molar-refractivity contribution is 5.82. The first-order valence-electron chi connectivity index (χ1n) is 14.5. The van der Waals surface area contributed by atoms with Crippen molar-refractivity contribution in [1.82, 2.24) is 25.3 Å². The van der Waals surface area contributed by atoms with E-state index in [0.717, 1.165) is 25.0 Å². The normalized spacial score (nSPS) is 22.7. The molecule has 0 bridgehead atoms. The average Bonchev–Trinajstić information content (AvgIpc) is 3.72. The lowest BCUT2D eigenvalue weighted by atomic mass is 9.91. The average molecular weight is 587 g/mol. The van der Waals surface area contributed by atoms with Gasteiger partial charge in [0, 0.05) is 24.9 Å². The van der Waals surface area contributed by atoms with Crippen molar-refractivity contribution >= 4 is 11.9 Å². The number of aromatic nitrogens is 4. The van der Waals surface area contributed by atoms with Crippen LogP contribution in [0.1, 0.15) is 50.4 Å². The number of rotatable bonds is 9. The molecular formula is C32H35FN6O4. The zero-order chi connectivity index (χ0) is 29.8. The van der Waals surface area contributed by atoms with E-state index in [-0.39, 0.29) is 37.1 Å². The lowest BCUT2D eigenvalue weighted by molar-refractivity contribution is -0.231. The molecule has 2 aliphatic rings. The van der Waals surface area contributed by atoms with Crippen LogP contribution < -0.4 is 10.6 Å². The highest BCUT2D eigenvalue weighted by atomic mass is 19.1. The number of aromatic amines is 1. The molecule has 2 aliphatic heterocycles. The molecule has 4 heterocycles. The molecule has 3 N–H and O–H groups in total. The lowest BCUT2D eigenvalue weighted by Gasteiger charge is -2.35. The Balaban J connectivity index is 1.22. The Hall–Kier alpha value is -4.19. The molecule has 0 aliphatic carbocycles. The van der Waals surface area contributed by atoms with Crippen molar-refractivity contribution in [2.45, 2.75) is 45.1 Å². The SMILES string of the molecule is CC(Nc1nccc(-c2[nH]c(C3OCC(C)(C(=O)NCC4CCCO4)CO3)nc2-c2ccc(F)cc2)n1)c1ccccc1. The number of carbonyl (C=O) groups excluding carboxylic acids is 1. The maximum Gasteiger partial charge on any atom is 0.230 e. The van der Waals surface area contributed by atoms with Gasteiger partial charge in [-0.05, 0) is 62.6 Å². The fourth-order valence-electron chi connectivity index (χ4n) is 5.21. The number of anilines is 1. The van der Waals surface area contributed by atoms with Crippen molar-refractivity contribution in [2.75, 3.05) is 31.7 Å². The van der Waals surface area contributed by atoms with Crippen LogP contribution in [0.2, 0.25) is 0 Å². The second-order valence-electron chi connectivity index (χ2n) is 11.3. The van der Waals surface area contributed by atoms with Crippen molar-refractivity contribution in [1.29, 1.82) is 0 Å². The van der Waals surface area contributed by atoms with Gasteiger partial charge in [0.15, 0.2) is 5.82 Å². The minimum Gasteiger partial charge on any atom is -0.376 e. The summed E-state index contributed by atoms with van der Waals surface area (Å²) in [5.74, 6) is 0.381. The van der Waals surface area contributed by atoms with Crippen LogP contribution in [-0.2, 0) is 19.0 Å². The Morgan fingerprint density at radius 1 is 1.07 bits per heavy atom. The first kappa shape index (κ1) is 28.9. The van der Waals surface area contributed by atoms with Gasteiger partial charge in [0.2, 0.25) is 18.1 Å². The molecule has 2 saturated heterocycles. The number of carbonyl (C=O) groups is 1. The Morgan fingerprint density at radius 2 is 1.84 bits per heavy atom. The van der Waals surface area contributed by atoms with Gasteiger partial charge in [0.05, 0.1) is 47.9 Å². The molecule has 1 amide bonds. The quantitative estimate of drug-likeness (QED) is 0.245. The van der Waals surface area contributed by atoms with E-state index in [9.17, 15) is 9.18 Å². The summed E-state index contributed by atoms with van der Waals surface area (Å²) in [7, 11) is 0. The topological polar surface area (TPSA) is 123 Å². The predicted molar refractivity (Wildman–Crippen MR) is 158 cm³/mol. The number of halogens is 1. The van der Waals surface area contributed by atoms with E-state index in [0.29, 0.717) is 41.0 Å². The van der Waals surface area contributed by atoms with E-state index in [1.807, 2.05) is 44.2 Å². The van der Waals surface area contributed by atoms with E-state index >= 15 is 0 Å². The standard InChI is InChI=1S/C32H35FN6O4/c1-20(21-7-4-3-5-8-21)36-31-34-15-14-25(37-31)27-26(22-10-12-23(33)13-11-22)38-28(39-27)29-42-18-32(2,19-43-29)30(40)35-17-24-9-6-16-41-24/h3-5,7-8,10-15,20,24,29H,6,9,16-19H2,1-2H3,(H,35,40)(H,38,39)(H,34,36,37). The molecule has 2 aromatic carbocycles. The molecule has 2 aromatic heterocycles. The second kappa shape index (κ2) is 12.6. The van der Waals surface area contributed by atoms with Gasteiger partial charge < -0.3 is 29.8 Å². The zero-order valence-corrected chi connectivity index (χ0v) is 24.2. The van der Waals surface area contributed by atoms with Gasteiger partial charge in [0.1, 0.15) is 5.82 Å². The number of amides is 1. The van der Waals surface area contributed by atoms with Crippen LogP contribution in [0.5, 0.6) is 0 Å². The number of nitrogens with one attached hydrogen (secondary N) is 3. The van der Waals surface area contributed by atoms with Crippen molar-refractivity contribution < 1.29 is 23.4 Å². The molecule has 0 spiro atoms. The Bertz CT molecular complexity index is 1530. The van der Waals surface area contributed by atoms with Crippen LogP contribution in [0.4, 0.5) is 10.3 Å². The summed E-state index contributed by atoms with van der Waals surface area (Å²) in [6.45, 7) is 5.36. The Kier molecular flexibility index (Phi) is 8.46. The number of benzene rings is 2. The monoisotopic (exact) mass is 586 g/mol. The van der Waals surface area contributed by atoms with Crippen LogP contribution in [0.15, 0.2) is 66.9 Å². The highest BCUT2D eigenvalue weighted by Crippen LogP contribution is 2.36. The maximum atomic E-state index is 13.8. The summed E-state index contributed by atoms with van der Waals surface area (Å²) in [4.78, 5) is 30.3. The Morgan fingerprint density at radius 3 is 2.56 bits per heavy atom. The maximum absolute atomic E-state index is 13.8. The zero-order valence-electron chi connectivity index (χ0n) is 24.2. The van der Waals surface area contributed by atoms with Crippen molar-refractivity contribution in [3.05, 3.63) is 84.1 Å². The molecule has 0 saturated carbocycles. The number of hydrogen-bond acceptors (Lipinski definition) is 8. The number of H-pyrrole nitrogens is 1. The molecule has 224 valence electrons. The third kappa shape index (κ3) is 6.58. The summed E-state index contributed by atoms with van der Waals surface area (Å²) in [6, 6.07) is 17.9. The molecule has 11 heteroatoms. The minimum atomic E-state index is -0.854. The molecule has 2 unspecified atom stereocenters. The van der Waals surface area contributed by atoms with Crippen LogP contribution in [-0.4, -0.2) is 58.3 Å². The lowest BCUT2D eigenvalue weighted by Crippen LogP contribution is -2.49. The molecule has 0 radical (unpaired) electrons. The van der Waals surface area contributed by atoms with Crippen LogP contribution in [0.25, 0.3) is 22.6 Å². The van der Waals surface area contributed by atoms with E-state index in [4.69, 9.17) is 24.2 Å². The van der Waals surface area contributed by atoms with Crippen LogP contribution in [0, 0.1) is 11.2 Å². The fraction of sp³-hybridized carbons (Fsp3) is 0.375. The summed E-state index contributed by atoms with van der Waals surface area (Å²) >= 11 is 0. The summed E-state index contributed by atoms with van der Waals surface area (Å²) in [5, 5.41) is 6.33. The molecule has 4 aromatic rings. The van der Waals surface area contributed by atoms with Gasteiger partial charge in [-0.3, -0.25) is 4.79 Å². The van der Waals surface area contributed by atoms with Gasteiger partial charge in [-0.25, -0.2) is 19.3 Å². The summed E-state index contributed by atoms with van der Waals surface area (Å²) < 4.78 is 31.5. The molecule has 6 rings (SSSR count). The van der Waals surface area contributed by atoms with Crippen molar-refractivity contribution in [3.8, 4) is 22.6 Å². The second-order valence-corrected chi connectivity index (χ2v) is 11.3. The van der Waals surface area contributed by atoms with Crippen molar-refractivity contribution in [2.24, 2.45) is 5.41 Å². The molecular weight excluding hydrogens is 551 g/mol. The summed E-state index contributed by atoms with van der Waals surface area (Å²) in [5.41, 5.74) is 2.70. The number of hydrogen-bond donors (Lipinski definition) is 3. The van der Waals surface area contributed by atoms with E-state index in [1.165, 1.54) is 12.1 Å². The largest absolute Gasteiger partial charge is 0.376 e. The smallest absolute Gasteiger partial charge is 0.230 e. The number of nitrogens with zero attached hydrogens (tertiary/aromatic N) is 3. The molecule has 43 heavy (non-hydrogen) atoms. The minimum absolute atomic E-state index is 0.0217. The van der Waals surface area contributed by atoms with Crippen LogP contribution >= 0.6 is 0 Å². The van der Waals surface area contributed by atoms with Gasteiger partial charge in [-0.15, -0.1) is 0 Å². The molecule has 2 fully saturated rings. The third-order valence-corrected chi connectivity index (χ3v) is 7.79. The van der Waals surface area contributed by atoms with Gasteiger partial charge in [-0.1, -0.05) is 30.3 Å². The summed E-state index contributed by atoms with van der Waals surface area (Å²) in [6.07, 6.45) is 2.85. The first-order chi connectivity index (χ1) is 20.9. The molecule has 10 nitrogen and oxygen atoms in total. The van der Waals surface area contributed by atoms with Gasteiger partial charge >= 0.3 is 0 Å². The van der Waals surface area contributed by atoms with Gasteiger partial charge in [-0.2, -0.15) is 0 Å². The predicted octanol–water partition coefficient (Wildman–Crippen LogP) is 5.19. The van der Waals surface area contributed by atoms with E-state index in [2.05, 4.69) is 20.6 Å². The van der Waals surface area contributed by atoms with Crippen molar-refractivity contribution in [3.63, 3.8) is 0 Å². The van der Waals surface area contributed by atoms with Crippen LogP contribution in [0.3, 0.4) is 0 Å². The number of imidazole rings is 1. The van der Waals surface area contributed by atoms with E-state index in [1.54, 1.807) is 24.4 Å². The van der Waals surface area contributed by atoms with Gasteiger partial charge in [0.25, 0.3) is 0 Å².